The van der Waals surface area contributed by atoms with Crippen molar-refractivity contribution in [3.8, 4) is 0 Å². The smallest absolute Gasteiger partial charge is 0.255 e. The summed E-state index contributed by atoms with van der Waals surface area (Å²) in [6.07, 6.45) is 0. The van der Waals surface area contributed by atoms with Crippen LogP contribution in [0, 0.1) is 13.8 Å². The van der Waals surface area contributed by atoms with E-state index in [4.69, 9.17) is 5.73 Å². The largest absolute Gasteiger partial charge is 0.398 e. The molecule has 0 fully saturated rings. The summed E-state index contributed by atoms with van der Waals surface area (Å²) in [4.78, 5) is 13.2. The summed E-state index contributed by atoms with van der Waals surface area (Å²) in [6.45, 7) is 8.52. The van der Waals surface area contributed by atoms with Gasteiger partial charge in [0.15, 0.2) is 0 Å². The number of carbonyl (C=O) groups excluding carboxylic acids is 1. The van der Waals surface area contributed by atoms with Gasteiger partial charge >= 0.3 is 0 Å². The molecule has 2 rings (SSSR count). The lowest BCUT2D eigenvalue weighted by Gasteiger charge is -2.20. The Bertz CT molecular complexity index is 977. The molecule has 0 saturated heterocycles. The van der Waals surface area contributed by atoms with Gasteiger partial charge in [-0.3, -0.25) is 9.52 Å². The molecule has 146 valence electrons. The van der Waals surface area contributed by atoms with Gasteiger partial charge in [-0.15, -0.1) is 12.6 Å². The minimum absolute atomic E-state index is 0.305. The van der Waals surface area contributed by atoms with E-state index in [1.807, 2.05) is 13.8 Å². The molecule has 27 heavy (non-hydrogen) atoms. The molecule has 2 aromatic rings. The SMILES string of the molecule is Cc1cc(NC(=O)c2ccc(NS(=O)(=O)C(C)(C)C)cc2)c(C)c(S)c1N. The van der Waals surface area contributed by atoms with Crippen LogP contribution in [0.2, 0.25) is 0 Å². The van der Waals surface area contributed by atoms with Crippen LogP contribution in [0.5, 0.6) is 0 Å². The van der Waals surface area contributed by atoms with E-state index in [0.717, 1.165) is 11.1 Å². The number of nitrogens with one attached hydrogen (secondary N) is 2. The van der Waals surface area contributed by atoms with Crippen LogP contribution in [0.4, 0.5) is 17.1 Å². The molecule has 0 aliphatic rings. The van der Waals surface area contributed by atoms with E-state index < -0.39 is 14.8 Å². The van der Waals surface area contributed by atoms with Crippen LogP contribution in [-0.4, -0.2) is 19.1 Å². The second-order valence-corrected chi connectivity index (χ2v) is 10.3. The summed E-state index contributed by atoms with van der Waals surface area (Å²) in [5.41, 5.74) is 9.58. The van der Waals surface area contributed by atoms with Crippen molar-refractivity contribution in [1.82, 2.24) is 0 Å². The van der Waals surface area contributed by atoms with Crippen LogP contribution in [0.3, 0.4) is 0 Å². The number of sulfonamides is 1. The molecule has 0 atom stereocenters. The number of aryl methyl sites for hydroxylation is 1. The van der Waals surface area contributed by atoms with Crippen molar-refractivity contribution in [2.24, 2.45) is 0 Å². The molecule has 0 spiro atoms. The molecule has 0 aliphatic heterocycles. The molecule has 0 saturated carbocycles. The Hall–Kier alpha value is -2.19. The monoisotopic (exact) mass is 407 g/mol. The predicted molar refractivity (Wildman–Crippen MR) is 114 cm³/mol. The number of anilines is 3. The Morgan fingerprint density at radius 3 is 2.19 bits per heavy atom. The third-order valence-corrected chi connectivity index (χ3v) is 6.95. The van der Waals surface area contributed by atoms with E-state index in [9.17, 15) is 13.2 Å². The summed E-state index contributed by atoms with van der Waals surface area (Å²) in [5, 5.41) is 2.85. The molecule has 2 aromatic carbocycles. The van der Waals surface area contributed by atoms with Gasteiger partial charge in [0.25, 0.3) is 5.91 Å². The van der Waals surface area contributed by atoms with E-state index in [1.165, 1.54) is 0 Å². The molecule has 6 nitrogen and oxygen atoms in total. The lowest BCUT2D eigenvalue weighted by atomic mass is 10.1. The summed E-state index contributed by atoms with van der Waals surface area (Å²) < 4.78 is 26.0. The van der Waals surface area contributed by atoms with Crippen molar-refractivity contribution in [2.75, 3.05) is 15.8 Å². The standard InChI is InChI=1S/C19H25N3O3S2/c1-11-10-15(12(2)17(26)16(11)20)21-18(23)13-6-8-14(9-7-13)22-27(24,25)19(3,4)5/h6-10,22,26H,20H2,1-5H3,(H,21,23). The molecule has 8 heteroatoms. The predicted octanol–water partition coefficient (Wildman–Crippen LogP) is 3.97. The van der Waals surface area contributed by atoms with Crippen molar-refractivity contribution < 1.29 is 13.2 Å². The van der Waals surface area contributed by atoms with Gasteiger partial charge in [-0.05, 0) is 76.1 Å². The average Bonchev–Trinajstić information content (AvgIpc) is 2.57. The quantitative estimate of drug-likeness (QED) is 0.455. The van der Waals surface area contributed by atoms with E-state index in [0.29, 0.717) is 27.5 Å². The van der Waals surface area contributed by atoms with Crippen LogP contribution in [0.15, 0.2) is 35.2 Å². The molecule has 0 unspecified atom stereocenters. The normalized spacial score (nSPS) is 11.9. The average molecular weight is 408 g/mol. The summed E-state index contributed by atoms with van der Waals surface area (Å²) >= 11 is 4.40. The summed E-state index contributed by atoms with van der Waals surface area (Å²) in [7, 11) is -3.52. The number of hydrogen-bond donors (Lipinski definition) is 4. The van der Waals surface area contributed by atoms with Gasteiger partial charge in [-0.25, -0.2) is 8.42 Å². The minimum Gasteiger partial charge on any atom is -0.398 e. The third-order valence-electron chi connectivity index (χ3n) is 4.25. The fourth-order valence-electron chi connectivity index (χ4n) is 2.24. The van der Waals surface area contributed by atoms with E-state index in [-0.39, 0.29) is 5.91 Å². The first-order valence-electron chi connectivity index (χ1n) is 8.36. The molecule has 0 aliphatic carbocycles. The topological polar surface area (TPSA) is 101 Å². The lowest BCUT2D eigenvalue weighted by molar-refractivity contribution is 0.102. The first kappa shape index (κ1) is 21.1. The number of thiol groups is 1. The first-order chi connectivity index (χ1) is 12.3. The molecule has 0 heterocycles. The lowest BCUT2D eigenvalue weighted by Crippen LogP contribution is -2.33. The maximum atomic E-state index is 12.5. The van der Waals surface area contributed by atoms with Crippen molar-refractivity contribution in [3.63, 3.8) is 0 Å². The fourth-order valence-corrected chi connectivity index (χ4v) is 3.29. The minimum atomic E-state index is -3.52. The maximum absolute atomic E-state index is 12.5. The molecule has 0 aromatic heterocycles. The number of amides is 1. The maximum Gasteiger partial charge on any atom is 0.255 e. The van der Waals surface area contributed by atoms with Crippen molar-refractivity contribution in [2.45, 2.75) is 44.3 Å². The third kappa shape index (κ3) is 4.56. The number of nitrogens with two attached hydrogens (primary N) is 1. The molecular formula is C19H25N3O3S2. The molecule has 0 radical (unpaired) electrons. The van der Waals surface area contributed by atoms with Crippen molar-refractivity contribution >= 4 is 45.6 Å². The zero-order valence-electron chi connectivity index (χ0n) is 16.0. The van der Waals surface area contributed by atoms with Gasteiger partial charge in [-0.1, -0.05) is 0 Å². The molecular weight excluding hydrogens is 382 g/mol. The first-order valence-corrected chi connectivity index (χ1v) is 10.3. The zero-order chi connectivity index (χ0) is 20.6. The Morgan fingerprint density at radius 1 is 1.11 bits per heavy atom. The zero-order valence-corrected chi connectivity index (χ0v) is 17.8. The highest BCUT2D eigenvalue weighted by Gasteiger charge is 2.28. The van der Waals surface area contributed by atoms with Crippen LogP contribution >= 0.6 is 12.6 Å². The summed E-state index contributed by atoms with van der Waals surface area (Å²) in [5.74, 6) is -0.305. The van der Waals surface area contributed by atoms with E-state index in [1.54, 1.807) is 51.1 Å². The van der Waals surface area contributed by atoms with Crippen LogP contribution < -0.4 is 15.8 Å². The molecule has 4 N–H and O–H groups in total. The van der Waals surface area contributed by atoms with Gasteiger partial charge < -0.3 is 11.1 Å². The van der Waals surface area contributed by atoms with Crippen molar-refractivity contribution in [3.05, 3.63) is 47.0 Å². The number of rotatable bonds is 4. The Morgan fingerprint density at radius 2 is 1.67 bits per heavy atom. The van der Waals surface area contributed by atoms with E-state index in [2.05, 4.69) is 22.7 Å². The Balaban J connectivity index is 2.20. The van der Waals surface area contributed by atoms with Crippen LogP contribution in [0.1, 0.15) is 42.3 Å². The second kappa shape index (κ2) is 7.44. The molecule has 0 bridgehead atoms. The second-order valence-electron chi connectivity index (χ2n) is 7.38. The van der Waals surface area contributed by atoms with Crippen LogP contribution in [-0.2, 0) is 10.0 Å². The Labute approximate surface area is 166 Å². The van der Waals surface area contributed by atoms with Gasteiger partial charge in [0.1, 0.15) is 0 Å². The van der Waals surface area contributed by atoms with Gasteiger partial charge in [0.2, 0.25) is 10.0 Å². The highest BCUT2D eigenvalue weighted by molar-refractivity contribution is 7.94. The summed E-state index contributed by atoms with van der Waals surface area (Å²) in [6, 6.07) is 8.05. The van der Waals surface area contributed by atoms with Crippen LogP contribution in [0.25, 0.3) is 0 Å². The van der Waals surface area contributed by atoms with Gasteiger partial charge in [0.05, 0.1) is 4.75 Å². The Kier molecular flexibility index (Phi) is 5.82. The molecule has 1 amide bonds. The number of nitrogen functional groups attached to an aromatic ring is 1. The number of carbonyl (C=O) groups is 1. The highest BCUT2D eigenvalue weighted by Crippen LogP contribution is 2.31. The van der Waals surface area contributed by atoms with Gasteiger partial charge in [0, 0.05) is 27.5 Å². The highest BCUT2D eigenvalue weighted by atomic mass is 32.2. The van der Waals surface area contributed by atoms with E-state index >= 15 is 0 Å². The van der Waals surface area contributed by atoms with Gasteiger partial charge in [-0.2, -0.15) is 0 Å². The van der Waals surface area contributed by atoms with Crippen molar-refractivity contribution in [1.29, 1.82) is 0 Å². The number of hydrogen-bond acceptors (Lipinski definition) is 5. The number of benzene rings is 2. The fraction of sp³-hybridized carbons (Fsp3) is 0.316.